The molecule has 0 saturated carbocycles. The number of hydrogen-bond donors (Lipinski definition) is 1. The third-order valence-corrected chi connectivity index (χ3v) is 4.86. The van der Waals surface area contributed by atoms with Crippen LogP contribution in [0.2, 0.25) is 0 Å². The molecule has 0 radical (unpaired) electrons. The molecule has 7 heteroatoms. The van der Waals surface area contributed by atoms with Crippen LogP contribution in [0.4, 0.5) is 11.4 Å². The van der Waals surface area contributed by atoms with Crippen molar-refractivity contribution in [1.82, 2.24) is 9.80 Å². The number of carbonyl (C=O) groups is 1. The van der Waals surface area contributed by atoms with Crippen LogP contribution in [0, 0.1) is 17.0 Å². The molecule has 1 fully saturated rings. The number of nitro groups is 1. The summed E-state index contributed by atoms with van der Waals surface area (Å²) in [6, 6.07) is 13.0. The van der Waals surface area contributed by atoms with E-state index < -0.39 is 4.92 Å². The normalized spacial score (nSPS) is 14.8. The SMILES string of the molecule is CNc1ccc(C(=O)N2CCN(Cc3cccc(C)c3)CC2)cc1[N+](=O)[O-]. The van der Waals surface area contributed by atoms with Crippen molar-refractivity contribution in [3.8, 4) is 0 Å². The highest BCUT2D eigenvalue weighted by molar-refractivity contribution is 5.95. The van der Waals surface area contributed by atoms with E-state index in [-0.39, 0.29) is 11.6 Å². The van der Waals surface area contributed by atoms with Gasteiger partial charge in [-0.25, -0.2) is 0 Å². The van der Waals surface area contributed by atoms with E-state index in [2.05, 4.69) is 41.4 Å². The molecule has 2 aromatic carbocycles. The van der Waals surface area contributed by atoms with Crippen molar-refractivity contribution >= 4 is 17.3 Å². The minimum atomic E-state index is -0.470. The molecule has 0 aromatic heterocycles. The second-order valence-corrected chi connectivity index (χ2v) is 6.80. The maximum Gasteiger partial charge on any atom is 0.293 e. The fourth-order valence-electron chi connectivity index (χ4n) is 3.39. The molecule has 3 rings (SSSR count). The summed E-state index contributed by atoms with van der Waals surface area (Å²) in [6.45, 7) is 5.76. The summed E-state index contributed by atoms with van der Waals surface area (Å²) < 4.78 is 0. The number of rotatable bonds is 5. The van der Waals surface area contributed by atoms with Gasteiger partial charge in [0.05, 0.1) is 4.92 Å². The smallest absolute Gasteiger partial charge is 0.293 e. The molecule has 0 unspecified atom stereocenters. The maximum atomic E-state index is 12.7. The molecule has 1 aliphatic heterocycles. The lowest BCUT2D eigenvalue weighted by molar-refractivity contribution is -0.384. The lowest BCUT2D eigenvalue weighted by atomic mass is 10.1. The number of amides is 1. The Balaban J connectivity index is 1.63. The number of piperazine rings is 1. The number of nitro benzene ring substituents is 1. The van der Waals surface area contributed by atoms with Crippen molar-refractivity contribution in [2.45, 2.75) is 13.5 Å². The quantitative estimate of drug-likeness (QED) is 0.648. The van der Waals surface area contributed by atoms with Gasteiger partial charge in [-0.3, -0.25) is 19.8 Å². The van der Waals surface area contributed by atoms with E-state index in [9.17, 15) is 14.9 Å². The number of benzene rings is 2. The van der Waals surface area contributed by atoms with E-state index in [4.69, 9.17) is 0 Å². The second kappa shape index (κ2) is 8.18. The van der Waals surface area contributed by atoms with Crippen molar-refractivity contribution < 1.29 is 9.72 Å². The van der Waals surface area contributed by atoms with Crippen LogP contribution in [-0.4, -0.2) is 53.9 Å². The molecule has 1 aliphatic rings. The Morgan fingerprint density at radius 2 is 1.89 bits per heavy atom. The minimum absolute atomic E-state index is 0.0820. The lowest BCUT2D eigenvalue weighted by Gasteiger charge is -2.34. The summed E-state index contributed by atoms with van der Waals surface area (Å²) in [5.74, 6) is -0.157. The topological polar surface area (TPSA) is 78.7 Å². The van der Waals surface area contributed by atoms with E-state index in [1.807, 2.05) is 0 Å². The fraction of sp³-hybridized carbons (Fsp3) is 0.350. The molecule has 0 atom stereocenters. The summed E-state index contributed by atoms with van der Waals surface area (Å²) in [4.78, 5) is 27.6. The van der Waals surface area contributed by atoms with E-state index in [1.165, 1.54) is 17.2 Å². The molecule has 0 bridgehead atoms. The van der Waals surface area contributed by atoms with Gasteiger partial charge < -0.3 is 10.2 Å². The second-order valence-electron chi connectivity index (χ2n) is 6.80. The Labute approximate surface area is 158 Å². The average molecular weight is 368 g/mol. The first-order valence-corrected chi connectivity index (χ1v) is 9.01. The number of anilines is 1. The van der Waals surface area contributed by atoms with Gasteiger partial charge in [-0.15, -0.1) is 0 Å². The third-order valence-electron chi connectivity index (χ3n) is 4.86. The standard InChI is InChI=1S/C20H24N4O3/c1-15-4-3-5-16(12-15)14-22-8-10-23(11-9-22)20(25)17-6-7-18(21-2)19(13-17)24(26)27/h3-7,12-13,21H,8-11,14H2,1-2H3. The number of nitrogens with one attached hydrogen (secondary N) is 1. The Bertz CT molecular complexity index is 845. The van der Waals surface area contributed by atoms with Gasteiger partial charge in [0.15, 0.2) is 0 Å². The average Bonchev–Trinajstić information content (AvgIpc) is 2.67. The van der Waals surface area contributed by atoms with Gasteiger partial charge in [0, 0.05) is 51.4 Å². The number of carbonyl (C=O) groups excluding carboxylic acids is 1. The Morgan fingerprint density at radius 1 is 1.15 bits per heavy atom. The number of aryl methyl sites for hydroxylation is 1. The first-order chi connectivity index (χ1) is 13.0. The first kappa shape index (κ1) is 18.8. The largest absolute Gasteiger partial charge is 0.383 e. The van der Waals surface area contributed by atoms with E-state index in [0.29, 0.717) is 24.3 Å². The highest BCUT2D eigenvalue weighted by Gasteiger charge is 2.24. The van der Waals surface area contributed by atoms with Crippen LogP contribution in [0.25, 0.3) is 0 Å². The highest BCUT2D eigenvalue weighted by Crippen LogP contribution is 2.26. The van der Waals surface area contributed by atoms with Gasteiger partial charge in [0.1, 0.15) is 5.69 Å². The number of nitrogens with zero attached hydrogens (tertiary/aromatic N) is 3. The van der Waals surface area contributed by atoms with Crippen molar-refractivity contribution in [2.75, 3.05) is 38.5 Å². The Hall–Kier alpha value is -2.93. The number of hydrogen-bond acceptors (Lipinski definition) is 5. The van der Waals surface area contributed by atoms with Crippen molar-refractivity contribution in [1.29, 1.82) is 0 Å². The molecule has 1 amide bonds. The Morgan fingerprint density at radius 3 is 2.52 bits per heavy atom. The molecule has 0 aliphatic carbocycles. The van der Waals surface area contributed by atoms with E-state index in [0.717, 1.165) is 19.6 Å². The zero-order chi connectivity index (χ0) is 19.4. The highest BCUT2D eigenvalue weighted by atomic mass is 16.6. The van der Waals surface area contributed by atoms with E-state index in [1.54, 1.807) is 24.1 Å². The van der Waals surface area contributed by atoms with Crippen LogP contribution in [0.1, 0.15) is 21.5 Å². The van der Waals surface area contributed by atoms with Gasteiger partial charge in [0.25, 0.3) is 11.6 Å². The summed E-state index contributed by atoms with van der Waals surface area (Å²) in [5.41, 5.74) is 3.19. The van der Waals surface area contributed by atoms with Crippen LogP contribution >= 0.6 is 0 Å². The van der Waals surface area contributed by atoms with Gasteiger partial charge >= 0.3 is 0 Å². The van der Waals surface area contributed by atoms with Crippen molar-refractivity contribution in [3.63, 3.8) is 0 Å². The lowest BCUT2D eigenvalue weighted by Crippen LogP contribution is -2.48. The molecule has 0 spiro atoms. The zero-order valence-electron chi connectivity index (χ0n) is 15.6. The predicted octanol–water partition coefficient (Wildman–Crippen LogP) is 2.90. The summed E-state index contributed by atoms with van der Waals surface area (Å²) in [7, 11) is 1.62. The van der Waals surface area contributed by atoms with Crippen molar-refractivity contribution in [3.05, 3.63) is 69.3 Å². The monoisotopic (exact) mass is 368 g/mol. The molecule has 2 aromatic rings. The molecule has 7 nitrogen and oxygen atoms in total. The zero-order valence-corrected chi connectivity index (χ0v) is 15.6. The molecular formula is C20H24N4O3. The molecule has 1 N–H and O–H groups in total. The predicted molar refractivity (Wildman–Crippen MR) is 105 cm³/mol. The van der Waals surface area contributed by atoms with Gasteiger partial charge in [0.2, 0.25) is 0 Å². The summed E-state index contributed by atoms with van der Waals surface area (Å²) in [6.07, 6.45) is 0. The molecule has 1 saturated heterocycles. The molecule has 27 heavy (non-hydrogen) atoms. The van der Waals surface area contributed by atoms with Crippen LogP contribution < -0.4 is 5.32 Å². The Kier molecular flexibility index (Phi) is 5.71. The van der Waals surface area contributed by atoms with Crippen LogP contribution in [-0.2, 0) is 6.54 Å². The summed E-state index contributed by atoms with van der Waals surface area (Å²) >= 11 is 0. The van der Waals surface area contributed by atoms with Gasteiger partial charge in [-0.2, -0.15) is 0 Å². The van der Waals surface area contributed by atoms with Gasteiger partial charge in [-0.1, -0.05) is 29.8 Å². The first-order valence-electron chi connectivity index (χ1n) is 9.01. The molecular weight excluding hydrogens is 344 g/mol. The van der Waals surface area contributed by atoms with Crippen molar-refractivity contribution in [2.24, 2.45) is 0 Å². The third kappa shape index (κ3) is 4.43. The van der Waals surface area contributed by atoms with Crippen LogP contribution in [0.5, 0.6) is 0 Å². The maximum absolute atomic E-state index is 12.7. The molecule has 142 valence electrons. The van der Waals surface area contributed by atoms with Gasteiger partial charge in [-0.05, 0) is 24.6 Å². The summed E-state index contributed by atoms with van der Waals surface area (Å²) in [5, 5.41) is 14.0. The molecule has 1 heterocycles. The fourth-order valence-corrected chi connectivity index (χ4v) is 3.39. The van der Waals surface area contributed by atoms with Crippen LogP contribution in [0.15, 0.2) is 42.5 Å². The minimum Gasteiger partial charge on any atom is -0.383 e. The van der Waals surface area contributed by atoms with E-state index >= 15 is 0 Å². The van der Waals surface area contributed by atoms with Crippen LogP contribution in [0.3, 0.4) is 0 Å².